The molecule has 0 radical (unpaired) electrons. The number of ether oxygens (including phenoxy) is 3. The summed E-state index contributed by atoms with van der Waals surface area (Å²) < 4.78 is 17.5. The average molecular weight is 359 g/mol. The second-order valence-corrected chi connectivity index (χ2v) is 7.36. The van der Waals surface area contributed by atoms with Crippen molar-refractivity contribution in [2.75, 3.05) is 14.2 Å². The Balaban J connectivity index is 2.63. The third-order valence-electron chi connectivity index (χ3n) is 4.14. The Bertz CT molecular complexity index is 553. The summed E-state index contributed by atoms with van der Waals surface area (Å²) in [5, 5.41) is 11.4. The Labute approximate surface area is 134 Å². The SMILES string of the molecule is COc1ccc(C2(O)CC(C)(C)OC2(C)C)c(OC)c1Br. The van der Waals surface area contributed by atoms with Crippen LogP contribution < -0.4 is 9.47 Å². The number of halogens is 1. The van der Waals surface area contributed by atoms with E-state index in [1.807, 2.05) is 39.8 Å². The summed E-state index contributed by atoms with van der Waals surface area (Å²) in [6.45, 7) is 7.77. The molecule has 2 rings (SSSR count). The molecule has 0 aliphatic carbocycles. The van der Waals surface area contributed by atoms with Crippen molar-refractivity contribution in [2.24, 2.45) is 0 Å². The zero-order valence-corrected chi connectivity index (χ0v) is 15.0. The Morgan fingerprint density at radius 1 is 1.14 bits per heavy atom. The number of rotatable bonds is 3. The smallest absolute Gasteiger partial charge is 0.143 e. The summed E-state index contributed by atoms with van der Waals surface area (Å²) in [5.74, 6) is 1.24. The van der Waals surface area contributed by atoms with E-state index in [1.54, 1.807) is 14.2 Å². The molecule has 1 aromatic carbocycles. The summed E-state index contributed by atoms with van der Waals surface area (Å²) in [7, 11) is 3.18. The van der Waals surface area contributed by atoms with E-state index in [0.29, 0.717) is 28.0 Å². The summed E-state index contributed by atoms with van der Waals surface area (Å²) in [4.78, 5) is 0. The van der Waals surface area contributed by atoms with Gasteiger partial charge >= 0.3 is 0 Å². The van der Waals surface area contributed by atoms with Crippen LogP contribution in [0, 0.1) is 0 Å². The molecule has 1 unspecified atom stereocenters. The molecule has 5 heteroatoms. The van der Waals surface area contributed by atoms with Crippen LogP contribution in [0.25, 0.3) is 0 Å². The molecule has 1 fully saturated rings. The topological polar surface area (TPSA) is 47.9 Å². The molecule has 1 heterocycles. The molecule has 1 aromatic rings. The first-order valence-corrected chi connectivity index (χ1v) is 7.71. The van der Waals surface area contributed by atoms with Crippen LogP contribution in [0.5, 0.6) is 11.5 Å². The molecule has 0 bridgehead atoms. The van der Waals surface area contributed by atoms with Crippen molar-refractivity contribution < 1.29 is 19.3 Å². The summed E-state index contributed by atoms with van der Waals surface area (Å²) in [6, 6.07) is 3.66. The Morgan fingerprint density at radius 3 is 2.19 bits per heavy atom. The van der Waals surface area contributed by atoms with Gasteiger partial charge in [0, 0.05) is 12.0 Å². The normalized spacial score (nSPS) is 26.7. The van der Waals surface area contributed by atoms with Gasteiger partial charge in [-0.2, -0.15) is 0 Å². The van der Waals surface area contributed by atoms with Crippen molar-refractivity contribution in [1.82, 2.24) is 0 Å². The van der Waals surface area contributed by atoms with E-state index < -0.39 is 16.8 Å². The van der Waals surface area contributed by atoms with Crippen LogP contribution in [0.2, 0.25) is 0 Å². The lowest BCUT2D eigenvalue weighted by Gasteiger charge is -2.36. The third-order valence-corrected chi connectivity index (χ3v) is 4.89. The molecule has 21 heavy (non-hydrogen) atoms. The fraction of sp³-hybridized carbons (Fsp3) is 0.625. The van der Waals surface area contributed by atoms with Crippen molar-refractivity contribution >= 4 is 15.9 Å². The standard InChI is InChI=1S/C16H23BrO4/c1-14(2)9-16(18,15(3,4)21-14)10-7-8-11(19-5)12(17)13(10)20-6/h7-8,18H,9H2,1-6H3. The van der Waals surface area contributed by atoms with Crippen LogP contribution in [0.15, 0.2) is 16.6 Å². The monoisotopic (exact) mass is 358 g/mol. The minimum absolute atomic E-state index is 0.407. The summed E-state index contributed by atoms with van der Waals surface area (Å²) in [6.07, 6.45) is 0.488. The predicted octanol–water partition coefficient (Wildman–Crippen LogP) is 3.63. The number of benzene rings is 1. The lowest BCUT2D eigenvalue weighted by Crippen LogP contribution is -2.43. The summed E-state index contributed by atoms with van der Waals surface area (Å²) >= 11 is 3.49. The quantitative estimate of drug-likeness (QED) is 0.895. The zero-order valence-electron chi connectivity index (χ0n) is 13.4. The highest BCUT2D eigenvalue weighted by Crippen LogP contribution is 2.54. The highest BCUT2D eigenvalue weighted by Gasteiger charge is 2.58. The molecule has 0 aromatic heterocycles. The molecular weight excluding hydrogens is 336 g/mol. The Hall–Kier alpha value is -0.780. The fourth-order valence-electron chi connectivity index (χ4n) is 3.28. The van der Waals surface area contributed by atoms with Crippen molar-refractivity contribution in [3.8, 4) is 11.5 Å². The highest BCUT2D eigenvalue weighted by atomic mass is 79.9. The van der Waals surface area contributed by atoms with Crippen LogP contribution in [0.3, 0.4) is 0 Å². The first-order valence-electron chi connectivity index (χ1n) is 6.91. The lowest BCUT2D eigenvalue weighted by molar-refractivity contribution is -0.130. The van der Waals surface area contributed by atoms with Crippen LogP contribution in [-0.4, -0.2) is 30.5 Å². The maximum absolute atomic E-state index is 11.4. The highest BCUT2D eigenvalue weighted by molar-refractivity contribution is 9.10. The van der Waals surface area contributed by atoms with E-state index in [2.05, 4.69) is 15.9 Å². The number of methoxy groups -OCH3 is 2. The molecular formula is C16H23BrO4. The molecule has 0 spiro atoms. The largest absolute Gasteiger partial charge is 0.495 e. The lowest BCUT2D eigenvalue weighted by atomic mass is 9.76. The van der Waals surface area contributed by atoms with Gasteiger partial charge < -0.3 is 19.3 Å². The van der Waals surface area contributed by atoms with Gasteiger partial charge in [-0.1, -0.05) is 0 Å². The van der Waals surface area contributed by atoms with E-state index in [-0.39, 0.29) is 0 Å². The molecule has 4 nitrogen and oxygen atoms in total. The van der Waals surface area contributed by atoms with Gasteiger partial charge in [0.05, 0.1) is 25.4 Å². The van der Waals surface area contributed by atoms with Gasteiger partial charge in [-0.25, -0.2) is 0 Å². The first kappa shape index (κ1) is 16.6. The van der Waals surface area contributed by atoms with Gasteiger partial charge in [-0.15, -0.1) is 0 Å². The minimum Gasteiger partial charge on any atom is -0.495 e. The molecule has 1 saturated heterocycles. The van der Waals surface area contributed by atoms with Crippen molar-refractivity contribution in [3.05, 3.63) is 22.2 Å². The number of hydrogen-bond donors (Lipinski definition) is 1. The second-order valence-electron chi connectivity index (χ2n) is 6.57. The molecule has 1 aliphatic rings. The first-order chi connectivity index (χ1) is 9.58. The third kappa shape index (κ3) is 2.56. The van der Waals surface area contributed by atoms with E-state index in [1.165, 1.54) is 0 Å². The molecule has 1 N–H and O–H groups in total. The maximum Gasteiger partial charge on any atom is 0.143 e. The van der Waals surface area contributed by atoms with E-state index >= 15 is 0 Å². The number of hydrogen-bond acceptors (Lipinski definition) is 4. The van der Waals surface area contributed by atoms with Gasteiger partial charge in [-0.05, 0) is 55.8 Å². The van der Waals surface area contributed by atoms with Crippen LogP contribution in [0.1, 0.15) is 39.7 Å². The van der Waals surface area contributed by atoms with E-state index in [4.69, 9.17) is 14.2 Å². The van der Waals surface area contributed by atoms with Gasteiger partial charge in [0.15, 0.2) is 0 Å². The summed E-state index contributed by atoms with van der Waals surface area (Å²) in [5.41, 5.74) is -1.57. The van der Waals surface area contributed by atoms with Crippen LogP contribution in [0.4, 0.5) is 0 Å². The van der Waals surface area contributed by atoms with E-state index in [9.17, 15) is 5.11 Å². The Kier molecular flexibility index (Phi) is 4.06. The van der Waals surface area contributed by atoms with Gasteiger partial charge in [0.2, 0.25) is 0 Å². The van der Waals surface area contributed by atoms with Gasteiger partial charge in [0.25, 0.3) is 0 Å². The second kappa shape index (κ2) is 5.14. The van der Waals surface area contributed by atoms with E-state index in [0.717, 1.165) is 0 Å². The molecule has 1 aliphatic heterocycles. The van der Waals surface area contributed by atoms with Crippen molar-refractivity contribution in [2.45, 2.75) is 50.9 Å². The minimum atomic E-state index is -1.14. The molecule has 1 atom stereocenters. The molecule has 118 valence electrons. The predicted molar refractivity (Wildman–Crippen MR) is 85.0 cm³/mol. The van der Waals surface area contributed by atoms with Crippen LogP contribution >= 0.6 is 15.9 Å². The van der Waals surface area contributed by atoms with Crippen LogP contribution in [-0.2, 0) is 10.3 Å². The van der Waals surface area contributed by atoms with Gasteiger partial charge in [-0.3, -0.25) is 0 Å². The molecule has 0 amide bonds. The maximum atomic E-state index is 11.4. The van der Waals surface area contributed by atoms with Crippen molar-refractivity contribution in [3.63, 3.8) is 0 Å². The zero-order chi connectivity index (χ0) is 16.1. The Morgan fingerprint density at radius 2 is 1.76 bits per heavy atom. The number of aliphatic hydroxyl groups is 1. The average Bonchev–Trinajstić information content (AvgIpc) is 2.53. The van der Waals surface area contributed by atoms with Crippen molar-refractivity contribution in [1.29, 1.82) is 0 Å². The van der Waals surface area contributed by atoms with Gasteiger partial charge in [0.1, 0.15) is 21.6 Å². The molecule has 0 saturated carbocycles. The fourth-order valence-corrected chi connectivity index (χ4v) is 3.95.